The van der Waals surface area contributed by atoms with Gasteiger partial charge in [-0.1, -0.05) is 33.3 Å². The number of hydrogen-bond donors (Lipinski definition) is 0. The molecule has 2 unspecified atom stereocenters. The summed E-state index contributed by atoms with van der Waals surface area (Å²) >= 11 is 0. The van der Waals surface area contributed by atoms with Crippen molar-refractivity contribution >= 4 is 61.3 Å². The van der Waals surface area contributed by atoms with Crippen molar-refractivity contribution in [3.63, 3.8) is 0 Å². The monoisotopic (exact) mass is 455 g/mol. The number of hydrogen-bond acceptors (Lipinski definition) is 6. The lowest BCUT2D eigenvalue weighted by molar-refractivity contribution is -0.130. The van der Waals surface area contributed by atoms with Crippen LogP contribution >= 0.6 is 0 Å². The Balaban J connectivity index is 5.69. The van der Waals surface area contributed by atoms with Crippen molar-refractivity contribution in [1.29, 1.82) is 0 Å². The Hall–Kier alpha value is 0.351. The predicted molar refractivity (Wildman–Crippen MR) is 121 cm³/mol. The van der Waals surface area contributed by atoms with Crippen molar-refractivity contribution < 1.29 is 21.6 Å². The lowest BCUT2D eigenvalue weighted by Gasteiger charge is -2.43. The van der Waals surface area contributed by atoms with Gasteiger partial charge in [-0.2, -0.15) is 0 Å². The summed E-state index contributed by atoms with van der Waals surface area (Å²) < 4.78 is 27.0. The van der Waals surface area contributed by atoms with E-state index in [-0.39, 0.29) is 5.97 Å². The van der Waals surface area contributed by atoms with Crippen LogP contribution in [-0.4, -0.2) is 72.5 Å². The molecule has 0 aliphatic carbocycles. The largest absolute Gasteiger partial charge is 0.493 e. The lowest BCUT2D eigenvalue weighted by atomic mass is 10.6. The molecular weight excluding hydrogens is 419 g/mol. The lowest BCUT2D eigenvalue weighted by Crippen LogP contribution is -2.64. The third-order valence-electron chi connectivity index (χ3n) is 3.97. The molecule has 0 rings (SSSR count). The van der Waals surface area contributed by atoms with E-state index in [9.17, 15) is 4.79 Å². The van der Waals surface area contributed by atoms with Crippen molar-refractivity contribution in [2.24, 2.45) is 0 Å². The molecule has 0 aliphatic rings. The van der Waals surface area contributed by atoms with Gasteiger partial charge in [-0.15, -0.1) is 0 Å². The Bertz CT molecular complexity index is 418. The second kappa shape index (κ2) is 12.7. The highest BCUT2D eigenvalue weighted by Gasteiger charge is 2.49. The smallest absolute Gasteiger partial charge is 0.391 e. The first-order valence-electron chi connectivity index (χ1n) is 9.06. The van der Waals surface area contributed by atoms with Crippen LogP contribution in [0, 0.1) is 0 Å². The maximum atomic E-state index is 12.1. The molecule has 0 bridgehead atoms. The van der Waals surface area contributed by atoms with Gasteiger partial charge in [0.25, 0.3) is 8.48 Å². The molecule has 0 fully saturated rings. The third kappa shape index (κ3) is 9.21. The van der Waals surface area contributed by atoms with Crippen LogP contribution in [0.5, 0.6) is 0 Å². The highest BCUT2D eigenvalue weighted by atomic mass is 29.2. The van der Waals surface area contributed by atoms with Gasteiger partial charge in [-0.3, -0.25) is 0 Å². The molecule has 0 radical (unpaired) electrons. The second-order valence-electron chi connectivity index (χ2n) is 6.79. The summed E-state index contributed by atoms with van der Waals surface area (Å²) in [7, 11) is -4.98. The fourth-order valence-corrected chi connectivity index (χ4v) is 28.5. The molecule has 0 heterocycles. The maximum Gasteiger partial charge on any atom is 0.391 e. The zero-order valence-corrected chi connectivity index (χ0v) is 25.1. The van der Waals surface area contributed by atoms with E-state index in [2.05, 4.69) is 51.3 Å². The summed E-state index contributed by atoms with van der Waals surface area (Å²) in [5.41, 5.74) is 0. The first-order chi connectivity index (χ1) is 11.7. The molecular formula is C13H37NO5Si6. The minimum atomic E-state index is -2.68. The Labute approximate surface area is 165 Å². The summed E-state index contributed by atoms with van der Waals surface area (Å²) in [6, 6.07) is 1.82. The average Bonchev–Trinajstić information content (AvgIpc) is 2.53. The Kier molecular flexibility index (Phi) is 12.9. The van der Waals surface area contributed by atoms with Crippen molar-refractivity contribution in [2.45, 2.75) is 58.4 Å². The van der Waals surface area contributed by atoms with E-state index >= 15 is 0 Å². The summed E-state index contributed by atoms with van der Waals surface area (Å²) in [4.78, 5) is 12.1. The van der Waals surface area contributed by atoms with Gasteiger partial charge in [0.15, 0.2) is 9.04 Å². The van der Waals surface area contributed by atoms with E-state index in [1.165, 1.54) is 6.08 Å². The van der Waals surface area contributed by atoms with Crippen LogP contribution in [0.15, 0.2) is 12.7 Å². The van der Waals surface area contributed by atoms with Crippen molar-refractivity contribution in [3.8, 4) is 0 Å². The van der Waals surface area contributed by atoms with Gasteiger partial charge >= 0.3 is 14.0 Å². The SMILES string of the molecule is C=CC(=O)O[Si](CCC)(O[Si](C)(CCC)N(C)[SiH2]O[SiH3])[SiH2]O[SiH](C)C. The van der Waals surface area contributed by atoms with Crippen LogP contribution in [0.2, 0.25) is 31.7 Å². The standard InChI is InChI=1S/C13H37NO5Si6/c1-8-11-24(7,14(4)21-17-20)19-25(12-9-2,16-13(15)10-3)22-18-23(5)6/h10,23H,3,8-9,11-12,21-22H2,1-2,4-7,20H3. The molecule has 12 heteroatoms. The molecule has 25 heavy (non-hydrogen) atoms. The minimum Gasteiger partial charge on any atom is -0.493 e. The van der Waals surface area contributed by atoms with Gasteiger partial charge in [0.1, 0.15) is 10.5 Å². The molecule has 6 nitrogen and oxygen atoms in total. The normalized spacial score (nSPS) is 17.6. The van der Waals surface area contributed by atoms with Gasteiger partial charge in [-0.25, -0.2) is 4.79 Å². The summed E-state index contributed by atoms with van der Waals surface area (Å²) in [5.74, 6) is -0.367. The third-order valence-corrected chi connectivity index (χ3v) is 25.3. The number of nitrogens with zero attached hydrogens (tertiary/aromatic N) is 1. The molecule has 0 saturated carbocycles. The Morgan fingerprint density at radius 1 is 1.32 bits per heavy atom. The highest BCUT2D eigenvalue weighted by Crippen LogP contribution is 2.26. The Morgan fingerprint density at radius 2 is 1.92 bits per heavy atom. The van der Waals surface area contributed by atoms with Crippen molar-refractivity contribution in [1.82, 2.24) is 4.23 Å². The van der Waals surface area contributed by atoms with E-state index in [1.54, 1.807) is 0 Å². The fourth-order valence-electron chi connectivity index (χ4n) is 2.67. The quantitative estimate of drug-likeness (QED) is 0.269. The predicted octanol–water partition coefficient (Wildman–Crippen LogP) is -0.126. The first-order valence-corrected chi connectivity index (χ1v) is 21.4. The molecule has 148 valence electrons. The van der Waals surface area contributed by atoms with Crippen LogP contribution in [-0.2, 0) is 21.6 Å². The Morgan fingerprint density at radius 3 is 2.36 bits per heavy atom. The highest BCUT2D eigenvalue weighted by molar-refractivity contribution is 7.19. The number of carbonyl (C=O) groups is 1. The van der Waals surface area contributed by atoms with Crippen molar-refractivity contribution in [2.75, 3.05) is 7.05 Å². The zero-order chi connectivity index (χ0) is 19.5. The van der Waals surface area contributed by atoms with Gasteiger partial charge in [-0.05, 0) is 38.8 Å². The van der Waals surface area contributed by atoms with E-state index in [1.807, 2.05) is 0 Å². The van der Waals surface area contributed by atoms with Gasteiger partial charge in [0.05, 0.1) is 0 Å². The van der Waals surface area contributed by atoms with Crippen LogP contribution in [0.3, 0.4) is 0 Å². The number of carbonyl (C=O) groups excluding carboxylic acids is 1. The van der Waals surface area contributed by atoms with Gasteiger partial charge < -0.3 is 21.0 Å². The zero-order valence-electron chi connectivity index (χ0n) is 17.1. The van der Waals surface area contributed by atoms with Crippen LogP contribution in [0.25, 0.3) is 0 Å². The molecule has 0 N–H and O–H groups in total. The molecule has 0 amide bonds. The van der Waals surface area contributed by atoms with Gasteiger partial charge in [0.2, 0.25) is 19.2 Å². The average molecular weight is 456 g/mol. The van der Waals surface area contributed by atoms with E-state index < -0.39 is 44.8 Å². The minimum absolute atomic E-state index is 0.367. The van der Waals surface area contributed by atoms with Crippen molar-refractivity contribution in [3.05, 3.63) is 12.7 Å². The topological polar surface area (TPSA) is 57.2 Å². The molecule has 0 aromatic heterocycles. The molecule has 0 aromatic carbocycles. The van der Waals surface area contributed by atoms with Gasteiger partial charge in [0, 0.05) is 6.08 Å². The molecule has 0 spiro atoms. The number of rotatable bonds is 14. The molecule has 0 aliphatic heterocycles. The maximum absolute atomic E-state index is 12.1. The summed E-state index contributed by atoms with van der Waals surface area (Å²) in [6.07, 6.45) is 3.23. The van der Waals surface area contributed by atoms with E-state index in [0.29, 0.717) is 0 Å². The molecule has 0 aromatic rings. The van der Waals surface area contributed by atoms with E-state index in [0.717, 1.165) is 35.4 Å². The summed E-state index contributed by atoms with van der Waals surface area (Å²) in [6.45, 7) is 14.4. The second-order valence-corrected chi connectivity index (χ2v) is 25.7. The molecule has 2 atom stereocenters. The summed E-state index contributed by atoms with van der Waals surface area (Å²) in [5, 5.41) is 0. The van der Waals surface area contributed by atoms with Crippen LogP contribution in [0.4, 0.5) is 0 Å². The van der Waals surface area contributed by atoms with E-state index in [4.69, 9.17) is 16.8 Å². The van der Waals surface area contributed by atoms with Crippen LogP contribution in [0.1, 0.15) is 26.7 Å². The van der Waals surface area contributed by atoms with Crippen LogP contribution < -0.4 is 0 Å². The fraction of sp³-hybridized carbons (Fsp3) is 0.769. The first kappa shape index (κ1) is 25.4. The molecule has 0 saturated heterocycles.